The van der Waals surface area contributed by atoms with Crippen LogP contribution in [0.3, 0.4) is 0 Å². The third kappa shape index (κ3) is 1.69. The summed E-state index contributed by atoms with van der Waals surface area (Å²) in [5.74, 6) is 0. The summed E-state index contributed by atoms with van der Waals surface area (Å²) in [6, 6.07) is 0. The molecule has 6 heavy (non-hydrogen) atoms. The minimum atomic E-state index is -0.0556. The molecule has 0 aliphatic rings. The fourth-order valence-electron chi connectivity index (χ4n) is 0.0645. The van der Waals surface area contributed by atoms with Gasteiger partial charge in [-0.05, 0) is 6.92 Å². The molecule has 0 aromatic carbocycles. The third-order valence-electron chi connectivity index (χ3n) is 0.377. The third-order valence-corrected chi connectivity index (χ3v) is 0.377. The molecule has 2 nitrogen and oxygen atoms in total. The van der Waals surface area contributed by atoms with E-state index in [2.05, 4.69) is 0 Å². The molecule has 0 N–H and O–H groups in total. The summed E-state index contributed by atoms with van der Waals surface area (Å²) >= 11 is 0. The highest BCUT2D eigenvalue weighted by Gasteiger charge is 1.88. The Hall–Kier alpha value is -0.600. The Morgan fingerprint density at radius 1 is 2.00 bits per heavy atom. The number of amides is 1. The van der Waals surface area contributed by atoms with Crippen LogP contribution in [0.4, 0.5) is 4.48 Å². The largest absolute Gasteiger partial charge is 0.342 e. The molecule has 0 spiro atoms. The van der Waals surface area contributed by atoms with Crippen LogP contribution in [0.5, 0.6) is 0 Å². The van der Waals surface area contributed by atoms with Crippen molar-refractivity contribution in [3.05, 3.63) is 0 Å². The van der Waals surface area contributed by atoms with Gasteiger partial charge >= 0.3 is 6.41 Å². The number of halogens is 1. The van der Waals surface area contributed by atoms with E-state index in [9.17, 15) is 4.48 Å². The predicted octanol–water partition coefficient (Wildman–Crippen LogP) is 0.260. The molecule has 35 valence electrons. The fourth-order valence-corrected chi connectivity index (χ4v) is 0.0645. The predicted molar refractivity (Wildman–Crippen MR) is 19.2 cm³/mol. The van der Waals surface area contributed by atoms with Gasteiger partial charge in [-0.2, -0.15) is 5.12 Å². The zero-order valence-electron chi connectivity index (χ0n) is 3.44. The number of carbonyl (C=O) groups excluding carboxylic acids is 1. The first-order valence-electron chi connectivity index (χ1n) is 1.62. The summed E-state index contributed by atoms with van der Waals surface area (Å²) in [5.41, 5.74) is 0. The maximum atomic E-state index is 11.3. The zero-order chi connectivity index (χ0) is 4.99. The number of hydrogen-bond acceptors (Lipinski definition) is 1. The van der Waals surface area contributed by atoms with Gasteiger partial charge in [0.15, 0.2) is 0 Å². The van der Waals surface area contributed by atoms with Crippen LogP contribution in [0.25, 0.3) is 0 Å². The maximum absolute atomic E-state index is 11.3. The van der Waals surface area contributed by atoms with E-state index in [1.807, 2.05) is 0 Å². The van der Waals surface area contributed by atoms with Crippen molar-refractivity contribution in [2.75, 3.05) is 6.54 Å². The Kier molecular flexibility index (Phi) is 2.36. The smallest absolute Gasteiger partial charge is 0.261 e. The molecule has 0 fully saturated rings. The molecule has 3 heteroatoms. The topological polar surface area (TPSA) is 20.3 Å². The van der Waals surface area contributed by atoms with Gasteiger partial charge in [-0.25, -0.2) is 0 Å². The SMILES string of the molecule is CCN(F)[C]=O. The van der Waals surface area contributed by atoms with Crippen molar-refractivity contribution in [2.45, 2.75) is 6.92 Å². The van der Waals surface area contributed by atoms with E-state index < -0.39 is 0 Å². The summed E-state index contributed by atoms with van der Waals surface area (Å²) < 4.78 is 11.3. The van der Waals surface area contributed by atoms with Crippen molar-refractivity contribution in [3.8, 4) is 0 Å². The van der Waals surface area contributed by atoms with Crippen molar-refractivity contribution in [1.82, 2.24) is 5.12 Å². The lowest BCUT2D eigenvalue weighted by molar-refractivity contribution is 0.123. The summed E-state index contributed by atoms with van der Waals surface area (Å²) in [6.45, 7) is 1.59. The van der Waals surface area contributed by atoms with E-state index in [1.165, 1.54) is 6.92 Å². The first-order chi connectivity index (χ1) is 2.81. The highest BCUT2D eigenvalue weighted by Crippen LogP contribution is 1.75. The highest BCUT2D eigenvalue weighted by atomic mass is 19.2. The van der Waals surface area contributed by atoms with Crippen LogP contribution < -0.4 is 0 Å². The summed E-state index contributed by atoms with van der Waals surface area (Å²) in [4.78, 5) is 9.16. The minimum absolute atomic E-state index is 0.0556. The van der Waals surface area contributed by atoms with E-state index in [-0.39, 0.29) is 11.7 Å². The van der Waals surface area contributed by atoms with E-state index in [4.69, 9.17) is 4.79 Å². The first-order valence-corrected chi connectivity index (χ1v) is 1.62. The Bertz CT molecular complexity index is 48.1. The lowest BCUT2D eigenvalue weighted by Gasteiger charge is -1.92. The molecule has 0 saturated heterocycles. The normalized spacial score (nSPS) is 7.67. The molecule has 0 unspecified atom stereocenters. The van der Waals surface area contributed by atoms with Gasteiger partial charge in [0.05, 0.1) is 6.54 Å². The summed E-state index contributed by atoms with van der Waals surface area (Å²) in [5, 5.41) is -0.0556. The molecular formula is C3H5FNO. The molecule has 0 aromatic heterocycles. The minimum Gasteiger partial charge on any atom is -0.261 e. The molecule has 0 rings (SSSR count). The standard InChI is InChI=1S/C3H5FNO/c1-2-5(4)3-6/h2H2,1H3. The Morgan fingerprint density at radius 2 is 2.50 bits per heavy atom. The van der Waals surface area contributed by atoms with E-state index in [1.54, 1.807) is 0 Å². The monoisotopic (exact) mass is 90.0 g/mol. The van der Waals surface area contributed by atoms with Gasteiger partial charge in [0.25, 0.3) is 0 Å². The van der Waals surface area contributed by atoms with Crippen molar-refractivity contribution in [2.24, 2.45) is 0 Å². The van der Waals surface area contributed by atoms with Gasteiger partial charge in [0, 0.05) is 0 Å². The molecule has 0 aliphatic heterocycles. The van der Waals surface area contributed by atoms with Crippen LogP contribution >= 0.6 is 0 Å². The summed E-state index contributed by atoms with van der Waals surface area (Å²) in [6.07, 6.45) is 1.03. The van der Waals surface area contributed by atoms with E-state index in [0.29, 0.717) is 0 Å². The van der Waals surface area contributed by atoms with Crippen molar-refractivity contribution in [3.63, 3.8) is 0 Å². The summed E-state index contributed by atoms with van der Waals surface area (Å²) in [7, 11) is 0. The molecule has 1 radical (unpaired) electrons. The molecule has 1 amide bonds. The average molecular weight is 90.1 g/mol. The molecule has 0 atom stereocenters. The van der Waals surface area contributed by atoms with Gasteiger partial charge in [0.1, 0.15) is 0 Å². The molecule has 0 bridgehead atoms. The van der Waals surface area contributed by atoms with Crippen LogP contribution in [0.15, 0.2) is 0 Å². The molecule has 0 aliphatic carbocycles. The number of hydrogen-bond donors (Lipinski definition) is 0. The fraction of sp³-hybridized carbons (Fsp3) is 0.667. The molecule has 0 aromatic rings. The molecule has 0 heterocycles. The first kappa shape index (κ1) is 5.40. The van der Waals surface area contributed by atoms with Crippen LogP contribution in [0, 0.1) is 0 Å². The second kappa shape index (κ2) is 2.63. The van der Waals surface area contributed by atoms with Crippen molar-refractivity contribution < 1.29 is 9.28 Å². The van der Waals surface area contributed by atoms with Crippen LogP contribution in [-0.4, -0.2) is 18.1 Å². The van der Waals surface area contributed by atoms with Crippen LogP contribution in [0.2, 0.25) is 0 Å². The Balaban J connectivity index is 2.96. The van der Waals surface area contributed by atoms with Crippen molar-refractivity contribution >= 4 is 6.41 Å². The zero-order valence-corrected chi connectivity index (χ0v) is 3.44. The van der Waals surface area contributed by atoms with Gasteiger partial charge < -0.3 is 0 Å². The average Bonchev–Trinajstić information content (AvgIpc) is 1.65. The second-order valence-corrected chi connectivity index (χ2v) is 0.770. The maximum Gasteiger partial charge on any atom is 0.342 e. The van der Waals surface area contributed by atoms with Crippen molar-refractivity contribution in [1.29, 1.82) is 0 Å². The van der Waals surface area contributed by atoms with Crippen LogP contribution in [-0.2, 0) is 4.79 Å². The van der Waals surface area contributed by atoms with Gasteiger partial charge in [-0.15, -0.1) is 0 Å². The van der Waals surface area contributed by atoms with Gasteiger partial charge in [-0.1, -0.05) is 4.48 Å². The highest BCUT2D eigenvalue weighted by molar-refractivity contribution is 5.45. The lowest BCUT2D eigenvalue weighted by atomic mass is 10.8. The quantitative estimate of drug-likeness (QED) is 0.352. The second-order valence-electron chi connectivity index (χ2n) is 0.770. The van der Waals surface area contributed by atoms with Crippen LogP contribution in [0.1, 0.15) is 6.92 Å². The molecular weight excluding hydrogens is 85.0 g/mol. The molecule has 0 saturated carbocycles. The van der Waals surface area contributed by atoms with Gasteiger partial charge in [-0.3, -0.25) is 4.79 Å². The van der Waals surface area contributed by atoms with E-state index in [0.717, 1.165) is 6.41 Å². The van der Waals surface area contributed by atoms with Gasteiger partial charge in [0.2, 0.25) is 0 Å². The van der Waals surface area contributed by atoms with E-state index >= 15 is 0 Å². The number of rotatable bonds is 2. The number of nitrogens with zero attached hydrogens (tertiary/aromatic N) is 1. The lowest BCUT2D eigenvalue weighted by Crippen LogP contribution is -2.07. The Labute approximate surface area is 35.5 Å². The Morgan fingerprint density at radius 3 is 2.50 bits per heavy atom.